The van der Waals surface area contributed by atoms with Crippen molar-refractivity contribution in [3.05, 3.63) is 17.8 Å². The molecule has 0 amide bonds. The molecular weight excluding hydrogens is 256 g/mol. The van der Waals surface area contributed by atoms with Gasteiger partial charge in [0.05, 0.1) is 24.6 Å². The van der Waals surface area contributed by atoms with Gasteiger partial charge >= 0.3 is 5.97 Å². The molecule has 0 spiro atoms. The number of pyridine rings is 1. The Bertz CT molecular complexity index is 449. The number of carbonyl (C=O) groups excluding carboxylic acids is 1. The van der Waals surface area contributed by atoms with Crippen LogP contribution >= 0.6 is 0 Å². The van der Waals surface area contributed by atoms with Crippen molar-refractivity contribution in [3.63, 3.8) is 0 Å². The molecule has 0 unspecified atom stereocenters. The quantitative estimate of drug-likeness (QED) is 0.583. The highest BCUT2D eigenvalue weighted by atomic mass is 16.5. The van der Waals surface area contributed by atoms with Gasteiger partial charge in [-0.25, -0.2) is 9.78 Å². The Balaban J connectivity index is 2.51. The van der Waals surface area contributed by atoms with Crippen LogP contribution in [0.15, 0.2) is 12.3 Å². The maximum atomic E-state index is 11.5. The third-order valence-corrected chi connectivity index (χ3v) is 3.22. The summed E-state index contributed by atoms with van der Waals surface area (Å²) in [6, 6.07) is 2.16. The van der Waals surface area contributed by atoms with Crippen LogP contribution in [0.25, 0.3) is 0 Å². The van der Waals surface area contributed by atoms with E-state index < -0.39 is 5.97 Å². The molecule has 0 radical (unpaired) electrons. The Morgan fingerprint density at radius 2 is 2.25 bits per heavy atom. The molecule has 0 fully saturated rings. The highest BCUT2D eigenvalue weighted by Crippen LogP contribution is 2.15. The molecule has 0 atom stereocenters. The lowest BCUT2D eigenvalue weighted by Crippen LogP contribution is -2.28. The predicted octanol–water partition coefficient (Wildman–Crippen LogP) is 1.59. The molecule has 0 aromatic carbocycles. The summed E-state index contributed by atoms with van der Waals surface area (Å²) in [5.74, 6) is 0.180. The molecule has 1 aromatic rings. The van der Waals surface area contributed by atoms with E-state index in [9.17, 15) is 4.79 Å². The summed E-state index contributed by atoms with van der Waals surface area (Å²) in [6.45, 7) is 6.12. The van der Waals surface area contributed by atoms with Crippen molar-refractivity contribution in [2.45, 2.75) is 26.3 Å². The number of hydrogen-bond donors (Lipinski definition) is 2. The van der Waals surface area contributed by atoms with Crippen molar-refractivity contribution in [1.82, 2.24) is 9.88 Å². The average Bonchev–Trinajstić information content (AvgIpc) is 2.43. The third-order valence-electron chi connectivity index (χ3n) is 3.22. The summed E-state index contributed by atoms with van der Waals surface area (Å²) in [5, 5.41) is 3.18. The Morgan fingerprint density at radius 3 is 2.85 bits per heavy atom. The van der Waals surface area contributed by atoms with Gasteiger partial charge in [-0.3, -0.25) is 0 Å². The zero-order chi connectivity index (χ0) is 15.1. The lowest BCUT2D eigenvalue weighted by molar-refractivity contribution is 0.0602. The zero-order valence-electron chi connectivity index (χ0n) is 12.6. The second kappa shape index (κ2) is 7.69. The lowest BCUT2D eigenvalue weighted by Gasteiger charge is -2.20. The summed E-state index contributed by atoms with van der Waals surface area (Å²) in [4.78, 5) is 17.9. The SMILES string of the molecule is COC(=O)c1cc(NCCCN(C)C(C)C)ncc1N. The fraction of sp³-hybridized carbons (Fsp3) is 0.571. The Kier molecular flexibility index (Phi) is 6.24. The number of nitrogens with one attached hydrogen (secondary N) is 1. The van der Waals surface area contributed by atoms with Gasteiger partial charge < -0.3 is 20.7 Å². The van der Waals surface area contributed by atoms with Crippen molar-refractivity contribution in [1.29, 1.82) is 0 Å². The lowest BCUT2D eigenvalue weighted by atomic mass is 10.2. The maximum Gasteiger partial charge on any atom is 0.340 e. The van der Waals surface area contributed by atoms with Gasteiger partial charge in [-0.05, 0) is 39.9 Å². The van der Waals surface area contributed by atoms with Crippen molar-refractivity contribution in [3.8, 4) is 0 Å². The van der Waals surface area contributed by atoms with Crippen molar-refractivity contribution < 1.29 is 9.53 Å². The first-order chi connectivity index (χ1) is 9.45. The van der Waals surface area contributed by atoms with Gasteiger partial charge in [-0.1, -0.05) is 0 Å². The number of anilines is 2. The highest BCUT2D eigenvalue weighted by Gasteiger charge is 2.11. The number of nitrogens with two attached hydrogens (primary N) is 1. The fourth-order valence-electron chi connectivity index (χ4n) is 1.65. The molecule has 1 heterocycles. The minimum absolute atomic E-state index is 0.321. The van der Waals surface area contributed by atoms with E-state index in [4.69, 9.17) is 5.73 Å². The number of ether oxygens (including phenoxy) is 1. The van der Waals surface area contributed by atoms with E-state index in [1.807, 2.05) is 0 Å². The Hall–Kier alpha value is -1.82. The molecular formula is C14H24N4O2. The normalized spacial score (nSPS) is 10.9. The number of aromatic nitrogens is 1. The van der Waals surface area contributed by atoms with Crippen LogP contribution in [0.1, 0.15) is 30.6 Å². The molecule has 0 saturated heterocycles. The van der Waals surface area contributed by atoms with Crippen LogP contribution in [0.4, 0.5) is 11.5 Å². The first-order valence-corrected chi connectivity index (χ1v) is 6.73. The number of nitrogen functional groups attached to an aromatic ring is 1. The van der Waals surface area contributed by atoms with Crippen molar-refractivity contribution >= 4 is 17.5 Å². The van der Waals surface area contributed by atoms with Crippen LogP contribution in [-0.2, 0) is 4.74 Å². The largest absolute Gasteiger partial charge is 0.465 e. The number of methoxy groups -OCH3 is 1. The third kappa shape index (κ3) is 4.70. The highest BCUT2D eigenvalue weighted by molar-refractivity contribution is 5.95. The van der Waals surface area contributed by atoms with Crippen LogP contribution in [0.3, 0.4) is 0 Å². The molecule has 3 N–H and O–H groups in total. The molecule has 1 rings (SSSR count). The monoisotopic (exact) mass is 280 g/mol. The predicted molar refractivity (Wildman–Crippen MR) is 80.9 cm³/mol. The minimum atomic E-state index is -0.451. The van der Waals surface area contributed by atoms with Crippen LogP contribution in [0.5, 0.6) is 0 Å². The topological polar surface area (TPSA) is 80.5 Å². The van der Waals surface area contributed by atoms with Crippen molar-refractivity contribution in [2.75, 3.05) is 38.3 Å². The van der Waals surface area contributed by atoms with Gasteiger partial charge in [0, 0.05) is 12.6 Å². The first kappa shape index (κ1) is 16.2. The summed E-state index contributed by atoms with van der Waals surface area (Å²) in [5.41, 5.74) is 6.35. The maximum absolute atomic E-state index is 11.5. The van der Waals surface area contributed by atoms with Crippen molar-refractivity contribution in [2.24, 2.45) is 0 Å². The molecule has 0 aliphatic carbocycles. The van der Waals surface area contributed by atoms with E-state index in [1.165, 1.54) is 13.3 Å². The average molecular weight is 280 g/mol. The van der Waals surface area contributed by atoms with E-state index >= 15 is 0 Å². The summed E-state index contributed by atoms with van der Waals surface area (Å²) < 4.78 is 4.67. The zero-order valence-corrected chi connectivity index (χ0v) is 12.6. The van der Waals surface area contributed by atoms with Crippen LogP contribution in [0, 0.1) is 0 Å². The number of nitrogens with zero attached hydrogens (tertiary/aromatic N) is 2. The number of rotatable bonds is 7. The standard InChI is InChI=1S/C14H24N4O2/c1-10(2)18(3)7-5-6-16-13-8-11(14(19)20-4)12(15)9-17-13/h8-10H,5-7,15H2,1-4H3,(H,16,17). The number of carbonyl (C=O) groups is 1. The van der Waals surface area contributed by atoms with Gasteiger partial charge in [0.25, 0.3) is 0 Å². The fourth-order valence-corrected chi connectivity index (χ4v) is 1.65. The molecule has 0 aliphatic rings. The van der Waals surface area contributed by atoms with E-state index in [-0.39, 0.29) is 0 Å². The van der Waals surface area contributed by atoms with E-state index in [2.05, 4.69) is 40.8 Å². The smallest absolute Gasteiger partial charge is 0.340 e. The number of esters is 1. The van der Waals surface area contributed by atoms with Gasteiger partial charge in [-0.2, -0.15) is 0 Å². The summed E-state index contributed by atoms with van der Waals surface area (Å²) in [7, 11) is 3.43. The van der Waals surface area contributed by atoms with E-state index in [0.717, 1.165) is 19.5 Å². The molecule has 0 aliphatic heterocycles. The van der Waals surface area contributed by atoms with Gasteiger partial charge in [0.2, 0.25) is 0 Å². The number of hydrogen-bond acceptors (Lipinski definition) is 6. The second-order valence-corrected chi connectivity index (χ2v) is 5.00. The molecule has 0 bridgehead atoms. The second-order valence-electron chi connectivity index (χ2n) is 5.00. The van der Waals surface area contributed by atoms with Gasteiger partial charge in [0.1, 0.15) is 5.82 Å². The molecule has 1 aromatic heterocycles. The molecule has 0 saturated carbocycles. The Labute approximate surface area is 120 Å². The van der Waals surface area contributed by atoms with Crippen LogP contribution in [0.2, 0.25) is 0 Å². The first-order valence-electron chi connectivity index (χ1n) is 6.73. The minimum Gasteiger partial charge on any atom is -0.465 e. The molecule has 6 heteroatoms. The molecule has 20 heavy (non-hydrogen) atoms. The van der Waals surface area contributed by atoms with Gasteiger partial charge in [-0.15, -0.1) is 0 Å². The van der Waals surface area contributed by atoms with E-state index in [1.54, 1.807) is 6.07 Å². The Morgan fingerprint density at radius 1 is 1.55 bits per heavy atom. The molecule has 112 valence electrons. The molecule has 6 nitrogen and oxygen atoms in total. The summed E-state index contributed by atoms with van der Waals surface area (Å²) in [6.07, 6.45) is 2.46. The van der Waals surface area contributed by atoms with E-state index in [0.29, 0.717) is 23.1 Å². The van der Waals surface area contributed by atoms with Gasteiger partial charge in [0.15, 0.2) is 0 Å². The summed E-state index contributed by atoms with van der Waals surface area (Å²) >= 11 is 0. The van der Waals surface area contributed by atoms with Crippen LogP contribution in [-0.4, -0.2) is 49.1 Å². The van der Waals surface area contributed by atoms with Crippen LogP contribution < -0.4 is 11.1 Å².